The average Bonchev–Trinajstić information content (AvgIpc) is 2.83. The third-order valence-corrected chi connectivity index (χ3v) is 3.68. The average molecular weight is 290 g/mol. The Hall–Kier alpha value is -2.15. The number of hydrogen-bond donors (Lipinski definition) is 2. The smallest absolute Gasteiger partial charge is 0.208 e. The van der Waals surface area contributed by atoms with E-state index in [4.69, 9.17) is 0 Å². The van der Waals surface area contributed by atoms with Crippen molar-refractivity contribution in [3.63, 3.8) is 0 Å². The Labute approximate surface area is 117 Å². The SMILES string of the molecule is Cc1nc(SCc2cc(=O)c3cc(F)ccc3[nH]2)n[nH]1. The van der Waals surface area contributed by atoms with Gasteiger partial charge >= 0.3 is 0 Å². The zero-order valence-corrected chi connectivity index (χ0v) is 11.4. The fourth-order valence-electron chi connectivity index (χ4n) is 1.88. The van der Waals surface area contributed by atoms with Crippen LogP contribution in [-0.2, 0) is 5.75 Å². The van der Waals surface area contributed by atoms with Gasteiger partial charge < -0.3 is 4.98 Å². The van der Waals surface area contributed by atoms with Gasteiger partial charge in [0.1, 0.15) is 11.6 Å². The van der Waals surface area contributed by atoms with Gasteiger partial charge in [-0.3, -0.25) is 9.89 Å². The van der Waals surface area contributed by atoms with Crippen molar-refractivity contribution in [1.82, 2.24) is 20.2 Å². The fraction of sp³-hybridized carbons (Fsp3) is 0.154. The second-order valence-corrected chi connectivity index (χ2v) is 5.28. The molecule has 5 nitrogen and oxygen atoms in total. The topological polar surface area (TPSA) is 74.4 Å². The van der Waals surface area contributed by atoms with Crippen molar-refractivity contribution in [1.29, 1.82) is 0 Å². The van der Waals surface area contributed by atoms with Crippen LogP contribution < -0.4 is 5.43 Å². The summed E-state index contributed by atoms with van der Waals surface area (Å²) in [5.41, 5.74) is 1.18. The van der Waals surface area contributed by atoms with Crippen LogP contribution in [0.2, 0.25) is 0 Å². The van der Waals surface area contributed by atoms with Gasteiger partial charge in [-0.15, -0.1) is 5.10 Å². The van der Waals surface area contributed by atoms with Gasteiger partial charge in [0.25, 0.3) is 0 Å². The van der Waals surface area contributed by atoms with E-state index < -0.39 is 5.82 Å². The highest BCUT2D eigenvalue weighted by Gasteiger charge is 2.06. The van der Waals surface area contributed by atoms with Crippen LogP contribution in [0, 0.1) is 12.7 Å². The number of pyridine rings is 1. The van der Waals surface area contributed by atoms with Gasteiger partial charge in [-0.2, -0.15) is 0 Å². The van der Waals surface area contributed by atoms with E-state index in [2.05, 4.69) is 20.2 Å². The number of fused-ring (bicyclic) bond motifs is 1. The van der Waals surface area contributed by atoms with Gasteiger partial charge in [0, 0.05) is 28.4 Å². The van der Waals surface area contributed by atoms with E-state index in [1.807, 2.05) is 6.92 Å². The molecule has 20 heavy (non-hydrogen) atoms. The predicted octanol–water partition coefficient (Wildman–Crippen LogP) is 2.39. The summed E-state index contributed by atoms with van der Waals surface area (Å²) in [5, 5.41) is 7.75. The Morgan fingerprint density at radius 1 is 1.35 bits per heavy atom. The van der Waals surface area contributed by atoms with Crippen molar-refractivity contribution in [2.24, 2.45) is 0 Å². The van der Waals surface area contributed by atoms with E-state index >= 15 is 0 Å². The first-order valence-electron chi connectivity index (χ1n) is 5.95. The summed E-state index contributed by atoms with van der Waals surface area (Å²) in [4.78, 5) is 19.2. The van der Waals surface area contributed by atoms with Crippen LogP contribution in [0.4, 0.5) is 4.39 Å². The quantitative estimate of drug-likeness (QED) is 0.726. The van der Waals surface area contributed by atoms with E-state index in [-0.39, 0.29) is 5.43 Å². The minimum absolute atomic E-state index is 0.194. The van der Waals surface area contributed by atoms with Gasteiger partial charge in [-0.1, -0.05) is 11.8 Å². The summed E-state index contributed by atoms with van der Waals surface area (Å²) in [6.07, 6.45) is 0. The second kappa shape index (κ2) is 5.09. The minimum atomic E-state index is -0.415. The monoisotopic (exact) mass is 290 g/mol. The molecule has 0 aliphatic rings. The summed E-state index contributed by atoms with van der Waals surface area (Å²) in [6, 6.07) is 5.61. The van der Waals surface area contributed by atoms with E-state index in [1.54, 1.807) is 6.07 Å². The van der Waals surface area contributed by atoms with Crippen molar-refractivity contribution in [3.8, 4) is 0 Å². The van der Waals surface area contributed by atoms with Crippen LogP contribution in [0.3, 0.4) is 0 Å². The number of thioether (sulfide) groups is 1. The molecule has 0 saturated carbocycles. The standard InChI is InChI=1S/C13H11FN4OS/c1-7-15-13(18-17-7)20-6-9-5-12(19)10-4-8(14)2-3-11(10)16-9/h2-5H,6H2,1H3,(H,16,19)(H,15,17,18). The number of aromatic nitrogens is 4. The van der Waals surface area contributed by atoms with Crippen LogP contribution in [0.15, 0.2) is 34.2 Å². The number of aromatic amines is 2. The number of hydrogen-bond acceptors (Lipinski definition) is 4. The molecule has 2 heterocycles. The Balaban J connectivity index is 1.89. The second-order valence-electron chi connectivity index (χ2n) is 4.34. The van der Waals surface area contributed by atoms with Crippen molar-refractivity contribution >= 4 is 22.7 Å². The summed E-state index contributed by atoms with van der Waals surface area (Å²) in [5.74, 6) is 0.871. The van der Waals surface area contributed by atoms with Crippen LogP contribution in [0.25, 0.3) is 10.9 Å². The maximum absolute atomic E-state index is 13.1. The van der Waals surface area contributed by atoms with Crippen LogP contribution >= 0.6 is 11.8 Å². The number of nitrogens with zero attached hydrogens (tertiary/aromatic N) is 2. The third kappa shape index (κ3) is 2.57. The summed E-state index contributed by atoms with van der Waals surface area (Å²) in [6.45, 7) is 1.82. The molecule has 3 aromatic rings. The molecule has 0 aliphatic carbocycles. The molecule has 2 aromatic heterocycles. The van der Waals surface area contributed by atoms with Gasteiger partial charge in [0.05, 0.1) is 0 Å². The van der Waals surface area contributed by atoms with Gasteiger partial charge in [-0.05, 0) is 25.1 Å². The van der Waals surface area contributed by atoms with Crippen molar-refractivity contribution in [2.45, 2.75) is 17.8 Å². The van der Waals surface area contributed by atoms with E-state index in [0.717, 1.165) is 11.5 Å². The lowest BCUT2D eigenvalue weighted by atomic mass is 10.2. The molecule has 0 saturated heterocycles. The molecule has 0 atom stereocenters. The molecule has 0 unspecified atom stereocenters. The Bertz CT molecular complexity index is 827. The Morgan fingerprint density at radius 3 is 2.95 bits per heavy atom. The summed E-state index contributed by atoms with van der Waals surface area (Å²) >= 11 is 1.42. The molecule has 0 fully saturated rings. The van der Waals surface area contributed by atoms with Crippen molar-refractivity contribution < 1.29 is 4.39 Å². The summed E-state index contributed by atoms with van der Waals surface area (Å²) < 4.78 is 13.1. The highest BCUT2D eigenvalue weighted by atomic mass is 32.2. The lowest BCUT2D eigenvalue weighted by Crippen LogP contribution is -2.04. The molecule has 0 amide bonds. The van der Waals surface area contributed by atoms with Gasteiger partial charge in [0.2, 0.25) is 5.16 Å². The van der Waals surface area contributed by atoms with Gasteiger partial charge in [-0.25, -0.2) is 9.37 Å². The first-order valence-corrected chi connectivity index (χ1v) is 6.93. The maximum Gasteiger partial charge on any atom is 0.208 e. The van der Waals surface area contributed by atoms with Crippen molar-refractivity contribution in [3.05, 3.63) is 51.8 Å². The largest absolute Gasteiger partial charge is 0.357 e. The predicted molar refractivity (Wildman–Crippen MR) is 75.2 cm³/mol. The van der Waals surface area contributed by atoms with Crippen LogP contribution in [0.5, 0.6) is 0 Å². The molecule has 2 N–H and O–H groups in total. The highest BCUT2D eigenvalue weighted by molar-refractivity contribution is 7.98. The zero-order chi connectivity index (χ0) is 14.1. The van der Waals surface area contributed by atoms with E-state index in [0.29, 0.717) is 21.8 Å². The number of halogens is 1. The normalized spacial score (nSPS) is 11.1. The van der Waals surface area contributed by atoms with Gasteiger partial charge in [0.15, 0.2) is 5.43 Å². The molecule has 0 spiro atoms. The van der Waals surface area contributed by atoms with Crippen LogP contribution in [-0.4, -0.2) is 20.2 Å². The maximum atomic E-state index is 13.1. The molecule has 0 bridgehead atoms. The number of rotatable bonds is 3. The molecular weight excluding hydrogens is 279 g/mol. The molecule has 3 rings (SSSR count). The molecule has 102 valence electrons. The highest BCUT2D eigenvalue weighted by Crippen LogP contribution is 2.18. The number of benzene rings is 1. The number of aryl methyl sites for hydroxylation is 1. The minimum Gasteiger partial charge on any atom is -0.357 e. The van der Waals surface area contributed by atoms with E-state index in [9.17, 15) is 9.18 Å². The third-order valence-electron chi connectivity index (χ3n) is 2.78. The molecular formula is C13H11FN4OS. The molecule has 1 aromatic carbocycles. The molecule has 0 radical (unpaired) electrons. The lowest BCUT2D eigenvalue weighted by Gasteiger charge is -2.03. The Kier molecular flexibility index (Phi) is 3.27. The number of nitrogens with one attached hydrogen (secondary N) is 2. The summed E-state index contributed by atoms with van der Waals surface area (Å²) in [7, 11) is 0. The van der Waals surface area contributed by atoms with Crippen LogP contribution in [0.1, 0.15) is 11.5 Å². The fourth-order valence-corrected chi connectivity index (χ4v) is 2.63. The van der Waals surface area contributed by atoms with E-state index in [1.165, 1.54) is 30.0 Å². The lowest BCUT2D eigenvalue weighted by molar-refractivity contribution is 0.629. The van der Waals surface area contributed by atoms with Crippen molar-refractivity contribution in [2.75, 3.05) is 0 Å². The number of H-pyrrole nitrogens is 2. The first-order chi connectivity index (χ1) is 9.61. The molecule has 7 heteroatoms. The Morgan fingerprint density at radius 2 is 2.20 bits per heavy atom. The first kappa shape index (κ1) is 12.9. The zero-order valence-electron chi connectivity index (χ0n) is 10.6. The molecule has 0 aliphatic heterocycles.